The molecule has 1 nitrogen and oxygen atoms in total. The van der Waals surface area contributed by atoms with Gasteiger partial charge in [0.1, 0.15) is 0 Å². The maximum atomic E-state index is 3.76. The normalized spacial score (nSPS) is 21.9. The molecule has 2 rings (SSSR count). The molecule has 0 aliphatic heterocycles. The Morgan fingerprint density at radius 2 is 2.00 bits per heavy atom. The molecular formula is C14H23NS. The molecule has 1 aromatic rings. The van der Waals surface area contributed by atoms with Gasteiger partial charge in [0.05, 0.1) is 0 Å². The Kier molecular flexibility index (Phi) is 4.42. The van der Waals surface area contributed by atoms with Gasteiger partial charge in [-0.3, -0.25) is 0 Å². The van der Waals surface area contributed by atoms with Crippen LogP contribution in [0.4, 0.5) is 0 Å². The molecule has 0 amide bonds. The molecule has 90 valence electrons. The minimum atomic E-state index is 0.503. The highest BCUT2D eigenvalue weighted by Gasteiger charge is 2.21. The van der Waals surface area contributed by atoms with E-state index in [0.29, 0.717) is 12.1 Å². The van der Waals surface area contributed by atoms with Gasteiger partial charge in [-0.15, -0.1) is 0 Å². The Balaban J connectivity index is 1.84. The summed E-state index contributed by atoms with van der Waals surface area (Å²) in [6.07, 6.45) is 7.16. The number of hydrogen-bond donors (Lipinski definition) is 1. The summed E-state index contributed by atoms with van der Waals surface area (Å²) in [5, 5.41) is 8.18. The monoisotopic (exact) mass is 237 g/mol. The largest absolute Gasteiger partial charge is 0.307 e. The van der Waals surface area contributed by atoms with E-state index >= 15 is 0 Å². The van der Waals surface area contributed by atoms with E-state index in [-0.39, 0.29) is 0 Å². The van der Waals surface area contributed by atoms with Crippen LogP contribution in [0.15, 0.2) is 16.8 Å². The van der Waals surface area contributed by atoms with Crippen LogP contribution < -0.4 is 5.32 Å². The summed E-state index contributed by atoms with van der Waals surface area (Å²) in [6, 6.07) is 3.40. The highest BCUT2D eigenvalue weighted by Crippen LogP contribution is 2.27. The Bertz CT molecular complexity index is 288. The first-order chi connectivity index (χ1) is 7.77. The Labute approximate surface area is 103 Å². The second kappa shape index (κ2) is 5.83. The molecule has 2 atom stereocenters. The fourth-order valence-electron chi connectivity index (χ4n) is 2.78. The van der Waals surface area contributed by atoms with Gasteiger partial charge in [-0.2, -0.15) is 11.3 Å². The number of rotatable bonds is 4. The van der Waals surface area contributed by atoms with E-state index in [1.54, 1.807) is 11.3 Å². The van der Waals surface area contributed by atoms with E-state index in [9.17, 15) is 0 Å². The molecule has 16 heavy (non-hydrogen) atoms. The third-order valence-corrected chi connectivity index (χ3v) is 4.61. The summed E-state index contributed by atoms with van der Waals surface area (Å²) in [5.74, 6) is 0.898. The average Bonchev–Trinajstić information content (AvgIpc) is 2.83. The van der Waals surface area contributed by atoms with Crippen LogP contribution in [-0.2, 0) is 0 Å². The molecule has 1 heterocycles. The van der Waals surface area contributed by atoms with Gasteiger partial charge >= 0.3 is 0 Å². The van der Waals surface area contributed by atoms with E-state index in [0.717, 1.165) is 5.92 Å². The van der Waals surface area contributed by atoms with Crippen molar-refractivity contribution >= 4 is 11.3 Å². The van der Waals surface area contributed by atoms with Gasteiger partial charge in [-0.25, -0.2) is 0 Å². The summed E-state index contributed by atoms with van der Waals surface area (Å²) >= 11 is 1.79. The van der Waals surface area contributed by atoms with E-state index in [1.807, 2.05) is 0 Å². The third kappa shape index (κ3) is 3.08. The standard InChI is InChI=1S/C14H23NS/c1-11(13-6-4-3-5-7-13)15-12(2)14-8-9-16-10-14/h8-13,15H,3-7H2,1-2H3. The average molecular weight is 237 g/mol. The summed E-state index contributed by atoms with van der Waals surface area (Å²) in [5.41, 5.74) is 1.44. The summed E-state index contributed by atoms with van der Waals surface area (Å²) < 4.78 is 0. The summed E-state index contributed by atoms with van der Waals surface area (Å²) in [7, 11) is 0. The quantitative estimate of drug-likeness (QED) is 0.820. The highest BCUT2D eigenvalue weighted by molar-refractivity contribution is 7.07. The lowest BCUT2D eigenvalue weighted by atomic mass is 9.84. The molecule has 1 saturated carbocycles. The third-order valence-electron chi connectivity index (χ3n) is 3.91. The fourth-order valence-corrected chi connectivity index (χ4v) is 3.54. The van der Waals surface area contributed by atoms with Gasteiger partial charge in [-0.05, 0) is 55.0 Å². The van der Waals surface area contributed by atoms with Gasteiger partial charge in [0.15, 0.2) is 0 Å². The minimum Gasteiger partial charge on any atom is -0.307 e. The van der Waals surface area contributed by atoms with Crippen molar-refractivity contribution in [1.82, 2.24) is 5.32 Å². The van der Waals surface area contributed by atoms with Crippen LogP contribution in [0, 0.1) is 5.92 Å². The van der Waals surface area contributed by atoms with Crippen LogP contribution in [0.2, 0.25) is 0 Å². The van der Waals surface area contributed by atoms with E-state index < -0.39 is 0 Å². The molecule has 0 radical (unpaired) electrons. The van der Waals surface area contributed by atoms with Crippen LogP contribution in [0.1, 0.15) is 57.6 Å². The Morgan fingerprint density at radius 3 is 2.62 bits per heavy atom. The van der Waals surface area contributed by atoms with Crippen LogP contribution in [0.3, 0.4) is 0 Å². The topological polar surface area (TPSA) is 12.0 Å². The molecule has 1 aromatic heterocycles. The number of hydrogen-bond acceptors (Lipinski definition) is 2. The van der Waals surface area contributed by atoms with Crippen LogP contribution in [0.5, 0.6) is 0 Å². The van der Waals surface area contributed by atoms with Gasteiger partial charge in [0.2, 0.25) is 0 Å². The molecule has 0 aromatic carbocycles. The van der Waals surface area contributed by atoms with Gasteiger partial charge in [0, 0.05) is 12.1 Å². The second-order valence-corrected chi connectivity index (χ2v) is 5.91. The lowest BCUT2D eigenvalue weighted by molar-refractivity contribution is 0.268. The first kappa shape index (κ1) is 12.1. The first-order valence-corrected chi connectivity index (χ1v) is 7.50. The number of nitrogens with one attached hydrogen (secondary N) is 1. The molecule has 1 aliphatic rings. The van der Waals surface area contributed by atoms with Crippen molar-refractivity contribution in [2.45, 2.75) is 58.0 Å². The maximum Gasteiger partial charge on any atom is 0.0302 e. The lowest BCUT2D eigenvalue weighted by Gasteiger charge is -2.30. The molecule has 0 saturated heterocycles. The molecule has 1 aliphatic carbocycles. The van der Waals surface area contributed by atoms with Gasteiger partial charge in [0.25, 0.3) is 0 Å². The number of thiophene rings is 1. The first-order valence-electron chi connectivity index (χ1n) is 6.55. The minimum absolute atomic E-state index is 0.503. The van der Waals surface area contributed by atoms with Crippen LogP contribution >= 0.6 is 11.3 Å². The molecule has 2 unspecified atom stereocenters. The highest BCUT2D eigenvalue weighted by atomic mass is 32.1. The predicted molar refractivity (Wildman–Crippen MR) is 71.9 cm³/mol. The molecule has 1 fully saturated rings. The van der Waals surface area contributed by atoms with Crippen molar-refractivity contribution in [2.75, 3.05) is 0 Å². The Morgan fingerprint density at radius 1 is 1.25 bits per heavy atom. The van der Waals surface area contributed by atoms with Crippen molar-refractivity contribution < 1.29 is 0 Å². The second-order valence-electron chi connectivity index (χ2n) is 5.13. The van der Waals surface area contributed by atoms with Crippen molar-refractivity contribution in [2.24, 2.45) is 5.92 Å². The van der Waals surface area contributed by atoms with Crippen molar-refractivity contribution in [3.8, 4) is 0 Å². The smallest absolute Gasteiger partial charge is 0.0302 e. The summed E-state index contributed by atoms with van der Waals surface area (Å²) in [6.45, 7) is 4.64. The Hall–Kier alpha value is -0.340. The molecule has 2 heteroatoms. The molecular weight excluding hydrogens is 214 g/mol. The van der Waals surface area contributed by atoms with E-state index in [4.69, 9.17) is 0 Å². The molecule has 0 bridgehead atoms. The SMILES string of the molecule is CC(NC(C)C1CCCCC1)c1ccsc1. The van der Waals surface area contributed by atoms with E-state index in [2.05, 4.69) is 36.0 Å². The van der Waals surface area contributed by atoms with Crippen molar-refractivity contribution in [3.63, 3.8) is 0 Å². The summed E-state index contributed by atoms with van der Waals surface area (Å²) in [4.78, 5) is 0. The van der Waals surface area contributed by atoms with E-state index in [1.165, 1.54) is 37.7 Å². The van der Waals surface area contributed by atoms with Crippen LogP contribution in [0.25, 0.3) is 0 Å². The van der Waals surface area contributed by atoms with Gasteiger partial charge < -0.3 is 5.32 Å². The zero-order valence-electron chi connectivity index (χ0n) is 10.4. The van der Waals surface area contributed by atoms with Crippen molar-refractivity contribution in [3.05, 3.63) is 22.4 Å². The fraction of sp³-hybridized carbons (Fsp3) is 0.714. The molecule has 0 spiro atoms. The van der Waals surface area contributed by atoms with Crippen molar-refractivity contribution in [1.29, 1.82) is 0 Å². The maximum absolute atomic E-state index is 3.76. The lowest BCUT2D eigenvalue weighted by Crippen LogP contribution is -2.36. The molecule has 1 N–H and O–H groups in total. The van der Waals surface area contributed by atoms with Crippen LogP contribution in [-0.4, -0.2) is 6.04 Å². The zero-order valence-corrected chi connectivity index (χ0v) is 11.2. The van der Waals surface area contributed by atoms with Gasteiger partial charge in [-0.1, -0.05) is 19.3 Å². The zero-order chi connectivity index (χ0) is 11.4. The predicted octanol–water partition coefficient (Wildman–Crippen LogP) is 4.37.